The summed E-state index contributed by atoms with van der Waals surface area (Å²) in [5.41, 5.74) is 1.80. The Morgan fingerprint density at radius 1 is 0.731 bits per heavy atom. The van der Waals surface area contributed by atoms with Gasteiger partial charge < -0.3 is 5.11 Å². The molecule has 0 saturated carbocycles. The first-order chi connectivity index (χ1) is 12.8. The predicted molar refractivity (Wildman–Crippen MR) is 100 cm³/mol. The Balaban J connectivity index is 2.05. The van der Waals surface area contributed by atoms with Crippen molar-refractivity contribution in [1.82, 2.24) is 14.8 Å². The van der Waals surface area contributed by atoms with Gasteiger partial charge in [-0.05, 0) is 34.9 Å². The fourth-order valence-electron chi connectivity index (χ4n) is 3.52. The van der Waals surface area contributed by atoms with Gasteiger partial charge in [0, 0.05) is 24.8 Å². The molecule has 0 saturated heterocycles. The normalized spacial score (nSPS) is 12.7. The Morgan fingerprint density at radius 2 is 1.31 bits per heavy atom. The molecule has 128 valence electrons. The van der Waals surface area contributed by atoms with E-state index < -0.39 is 11.6 Å². The second kappa shape index (κ2) is 6.94. The first-order valence-corrected chi connectivity index (χ1v) is 8.52. The van der Waals surface area contributed by atoms with Crippen LogP contribution in [0.15, 0.2) is 104 Å². The minimum Gasteiger partial charge on any atom is -0.385 e. The standard InChI is InChI=1S/C22H19N3O/c26-21(18-12-15-23-16-13-18)22(25-17-7-14-24-25,19-8-3-1-4-9-19)20-10-5-2-6-11-20/h1-17,21,26H. The molecule has 4 nitrogen and oxygen atoms in total. The zero-order chi connectivity index (χ0) is 17.8. The molecule has 0 aliphatic heterocycles. The maximum absolute atomic E-state index is 11.6. The molecule has 0 aliphatic rings. The maximum atomic E-state index is 11.6. The molecule has 0 fully saturated rings. The van der Waals surface area contributed by atoms with Crippen molar-refractivity contribution in [3.05, 3.63) is 120 Å². The molecule has 4 heteroatoms. The summed E-state index contributed by atoms with van der Waals surface area (Å²) in [7, 11) is 0. The Kier molecular flexibility index (Phi) is 4.33. The second-order valence-electron chi connectivity index (χ2n) is 6.13. The molecule has 1 unspecified atom stereocenters. The van der Waals surface area contributed by atoms with Crippen molar-refractivity contribution in [3.8, 4) is 0 Å². The molecule has 1 N–H and O–H groups in total. The summed E-state index contributed by atoms with van der Waals surface area (Å²) in [6.45, 7) is 0. The van der Waals surface area contributed by atoms with E-state index in [0.717, 1.165) is 16.7 Å². The second-order valence-corrected chi connectivity index (χ2v) is 6.13. The third kappa shape index (κ3) is 2.61. The van der Waals surface area contributed by atoms with Gasteiger partial charge in [0.1, 0.15) is 11.6 Å². The SMILES string of the molecule is OC(c1ccncc1)C(c1ccccc1)(c1ccccc1)n1cccn1. The minimum atomic E-state index is -0.895. The Labute approximate surface area is 152 Å². The average Bonchev–Trinajstić information content (AvgIpc) is 3.26. The highest BCUT2D eigenvalue weighted by Crippen LogP contribution is 2.43. The highest BCUT2D eigenvalue weighted by atomic mass is 16.3. The van der Waals surface area contributed by atoms with Crippen LogP contribution in [0.4, 0.5) is 0 Å². The summed E-state index contributed by atoms with van der Waals surface area (Å²) in [6.07, 6.45) is 6.17. The number of aromatic nitrogens is 3. The van der Waals surface area contributed by atoms with E-state index in [2.05, 4.69) is 10.1 Å². The molecule has 4 aromatic rings. The average molecular weight is 341 g/mol. The summed E-state index contributed by atoms with van der Waals surface area (Å²) in [6, 6.07) is 25.5. The summed E-state index contributed by atoms with van der Waals surface area (Å²) in [5.74, 6) is 0. The van der Waals surface area contributed by atoms with Crippen LogP contribution in [0.3, 0.4) is 0 Å². The van der Waals surface area contributed by atoms with Gasteiger partial charge in [0.25, 0.3) is 0 Å². The van der Waals surface area contributed by atoms with E-state index in [1.807, 2.05) is 89.7 Å². The molecule has 4 rings (SSSR count). The zero-order valence-electron chi connectivity index (χ0n) is 14.2. The Hall–Kier alpha value is -3.24. The first kappa shape index (κ1) is 16.2. The van der Waals surface area contributed by atoms with E-state index in [9.17, 15) is 5.11 Å². The van der Waals surface area contributed by atoms with E-state index >= 15 is 0 Å². The number of aliphatic hydroxyl groups is 1. The fourth-order valence-corrected chi connectivity index (χ4v) is 3.52. The largest absolute Gasteiger partial charge is 0.385 e. The van der Waals surface area contributed by atoms with E-state index in [0.29, 0.717) is 0 Å². The quantitative estimate of drug-likeness (QED) is 0.601. The monoisotopic (exact) mass is 341 g/mol. The number of nitrogens with zero attached hydrogens (tertiary/aromatic N) is 3. The Bertz CT molecular complexity index is 899. The van der Waals surface area contributed by atoms with Crippen LogP contribution in [-0.4, -0.2) is 19.9 Å². The lowest BCUT2D eigenvalue weighted by Crippen LogP contribution is -2.42. The number of hydrogen-bond acceptors (Lipinski definition) is 3. The number of rotatable bonds is 5. The summed E-state index contributed by atoms with van der Waals surface area (Å²) in [5, 5.41) is 16.1. The van der Waals surface area contributed by atoms with Gasteiger partial charge in [0.15, 0.2) is 0 Å². The number of hydrogen-bond donors (Lipinski definition) is 1. The molecule has 26 heavy (non-hydrogen) atoms. The third-order valence-electron chi connectivity index (χ3n) is 4.71. The van der Waals surface area contributed by atoms with Crippen LogP contribution in [0, 0.1) is 0 Å². The van der Waals surface area contributed by atoms with Crippen molar-refractivity contribution in [2.75, 3.05) is 0 Å². The molecule has 0 bridgehead atoms. The molecule has 2 aromatic heterocycles. The van der Waals surface area contributed by atoms with Gasteiger partial charge in [-0.3, -0.25) is 9.67 Å². The van der Waals surface area contributed by atoms with E-state index in [1.54, 1.807) is 18.6 Å². The molecule has 0 amide bonds. The fraction of sp³-hybridized carbons (Fsp3) is 0.0909. The minimum absolute atomic E-state index is 0.781. The number of pyridine rings is 1. The molecule has 2 heterocycles. The predicted octanol–water partition coefficient (Wildman–Crippen LogP) is 3.80. The van der Waals surface area contributed by atoms with Gasteiger partial charge in [0.05, 0.1) is 0 Å². The van der Waals surface area contributed by atoms with Crippen molar-refractivity contribution < 1.29 is 5.11 Å². The lowest BCUT2D eigenvalue weighted by atomic mass is 9.76. The van der Waals surface area contributed by atoms with Crippen molar-refractivity contribution >= 4 is 0 Å². The van der Waals surface area contributed by atoms with Gasteiger partial charge in [0.2, 0.25) is 0 Å². The van der Waals surface area contributed by atoms with Gasteiger partial charge in [-0.25, -0.2) is 0 Å². The van der Waals surface area contributed by atoms with Crippen molar-refractivity contribution in [1.29, 1.82) is 0 Å². The van der Waals surface area contributed by atoms with Crippen LogP contribution >= 0.6 is 0 Å². The smallest absolute Gasteiger partial charge is 0.142 e. The van der Waals surface area contributed by atoms with E-state index in [4.69, 9.17) is 0 Å². The lowest BCUT2D eigenvalue weighted by molar-refractivity contribution is 0.0765. The number of aliphatic hydroxyl groups excluding tert-OH is 1. The highest BCUT2D eigenvalue weighted by Gasteiger charge is 2.44. The topological polar surface area (TPSA) is 50.9 Å². The molecule has 0 aliphatic carbocycles. The Morgan fingerprint density at radius 3 is 1.81 bits per heavy atom. The molecule has 1 atom stereocenters. The summed E-state index contributed by atoms with van der Waals surface area (Å²) in [4.78, 5) is 4.08. The van der Waals surface area contributed by atoms with Gasteiger partial charge >= 0.3 is 0 Å². The van der Waals surface area contributed by atoms with E-state index in [-0.39, 0.29) is 0 Å². The van der Waals surface area contributed by atoms with Crippen LogP contribution in [0.5, 0.6) is 0 Å². The molecule has 2 aromatic carbocycles. The molecular weight excluding hydrogens is 322 g/mol. The van der Waals surface area contributed by atoms with Crippen LogP contribution in [0.2, 0.25) is 0 Å². The van der Waals surface area contributed by atoms with Crippen molar-refractivity contribution in [3.63, 3.8) is 0 Å². The summed E-state index contributed by atoms with van der Waals surface area (Å²) >= 11 is 0. The van der Waals surface area contributed by atoms with Gasteiger partial charge in [-0.15, -0.1) is 0 Å². The van der Waals surface area contributed by atoms with E-state index in [1.165, 1.54) is 0 Å². The third-order valence-corrected chi connectivity index (χ3v) is 4.71. The van der Waals surface area contributed by atoms with Crippen LogP contribution in [0.25, 0.3) is 0 Å². The molecule has 0 radical (unpaired) electrons. The highest BCUT2D eigenvalue weighted by molar-refractivity contribution is 5.43. The van der Waals surface area contributed by atoms with Gasteiger partial charge in [-0.1, -0.05) is 60.7 Å². The number of benzene rings is 2. The van der Waals surface area contributed by atoms with Crippen LogP contribution in [0.1, 0.15) is 22.8 Å². The molecule has 0 spiro atoms. The van der Waals surface area contributed by atoms with Crippen molar-refractivity contribution in [2.24, 2.45) is 0 Å². The first-order valence-electron chi connectivity index (χ1n) is 8.52. The van der Waals surface area contributed by atoms with Crippen molar-refractivity contribution in [2.45, 2.75) is 11.6 Å². The van der Waals surface area contributed by atoms with Crippen LogP contribution in [-0.2, 0) is 5.54 Å². The van der Waals surface area contributed by atoms with Crippen LogP contribution < -0.4 is 0 Å². The zero-order valence-corrected chi connectivity index (χ0v) is 14.2. The molecular formula is C22H19N3O. The maximum Gasteiger partial charge on any atom is 0.142 e. The lowest BCUT2D eigenvalue weighted by Gasteiger charge is -2.39. The van der Waals surface area contributed by atoms with Gasteiger partial charge in [-0.2, -0.15) is 5.10 Å². The summed E-state index contributed by atoms with van der Waals surface area (Å²) < 4.78 is 1.84.